The minimum atomic E-state index is -0.833. The van der Waals surface area contributed by atoms with E-state index < -0.39 is 11.9 Å². The van der Waals surface area contributed by atoms with Crippen molar-refractivity contribution in [3.8, 4) is 0 Å². The van der Waals surface area contributed by atoms with Crippen molar-refractivity contribution in [3.63, 3.8) is 0 Å². The molecule has 0 fully saturated rings. The summed E-state index contributed by atoms with van der Waals surface area (Å²) in [5.74, 6) is 3.02. The Labute approximate surface area is 52.4 Å². The Morgan fingerprint density at radius 3 is 1.56 bits per heavy atom. The zero-order chi connectivity index (χ0) is 7.86. The van der Waals surface area contributed by atoms with Gasteiger partial charge in [0.05, 0.1) is 0 Å². The Hall–Kier alpha value is -1.10. The van der Waals surface area contributed by atoms with Gasteiger partial charge in [-0.25, -0.2) is 0 Å². The van der Waals surface area contributed by atoms with Crippen LogP contribution in [0.5, 0.6) is 0 Å². The van der Waals surface area contributed by atoms with Crippen LogP contribution in [0.4, 0.5) is 0 Å². The largest absolute Gasteiger partial charge is 0.481 e. The van der Waals surface area contributed by atoms with E-state index in [-0.39, 0.29) is 0 Å². The highest BCUT2D eigenvalue weighted by Crippen LogP contribution is 1.55. The van der Waals surface area contributed by atoms with Crippen LogP contribution >= 0.6 is 0 Å². The van der Waals surface area contributed by atoms with E-state index in [9.17, 15) is 4.79 Å². The lowest BCUT2D eigenvalue weighted by molar-refractivity contribution is -0.141. The molecule has 0 bridgehead atoms. The molecule has 0 aromatic carbocycles. The molecule has 3 N–H and O–H groups in total. The minimum Gasteiger partial charge on any atom is -0.481 e. The Morgan fingerprint density at radius 1 is 1.44 bits per heavy atom. The van der Waals surface area contributed by atoms with Gasteiger partial charge in [0.15, 0.2) is 0 Å². The molecule has 0 unspecified atom stereocenters. The molecule has 5 nitrogen and oxygen atoms in total. The smallest absolute Gasteiger partial charge is 0.321 e. The van der Waals surface area contributed by atoms with Crippen LogP contribution in [0.15, 0.2) is 0 Å². The van der Waals surface area contributed by atoms with Crippen LogP contribution in [-0.4, -0.2) is 17.0 Å². The maximum absolute atomic E-state index is 9.47. The molecule has 0 saturated heterocycles. The summed E-state index contributed by atoms with van der Waals surface area (Å²) in [6, 6.07) is 0. The first-order chi connectivity index (χ1) is 4.00. The van der Waals surface area contributed by atoms with E-state index in [4.69, 9.17) is 9.90 Å². The van der Waals surface area contributed by atoms with Gasteiger partial charge in [-0.05, 0) is 0 Å². The van der Waals surface area contributed by atoms with Crippen molar-refractivity contribution in [2.45, 2.75) is 13.8 Å². The Kier molecular flexibility index (Phi) is 8.28. The molecular weight excluding hydrogens is 126 g/mol. The second-order valence-electron chi connectivity index (χ2n) is 1.13. The molecule has 0 aromatic heterocycles. The molecule has 0 aliphatic rings. The first-order valence-electron chi connectivity index (χ1n) is 2.07. The summed E-state index contributed by atoms with van der Waals surface area (Å²) >= 11 is 0. The van der Waals surface area contributed by atoms with Gasteiger partial charge in [0.2, 0.25) is 0 Å². The van der Waals surface area contributed by atoms with E-state index in [1.165, 1.54) is 6.92 Å². The summed E-state index contributed by atoms with van der Waals surface area (Å²) in [4.78, 5) is 22.1. The van der Waals surface area contributed by atoms with Crippen LogP contribution in [0.25, 0.3) is 0 Å². The van der Waals surface area contributed by atoms with Gasteiger partial charge in [0.1, 0.15) is 0 Å². The molecule has 0 aliphatic carbocycles. The third-order valence-corrected chi connectivity index (χ3v) is 0.166. The van der Waals surface area contributed by atoms with E-state index in [1.54, 1.807) is 0 Å². The normalized spacial score (nSPS) is 6.56. The third-order valence-electron chi connectivity index (χ3n) is 0.166. The molecule has 0 atom stereocenters. The fraction of sp³-hybridized carbons (Fsp3) is 0.500. The first kappa shape index (κ1) is 10.8. The molecule has 9 heavy (non-hydrogen) atoms. The number of hydrogen-bond acceptors (Lipinski definition) is 4. The molecule has 5 heteroatoms. The number of carbonyl (C=O) groups excluding carboxylic acids is 1. The van der Waals surface area contributed by atoms with Gasteiger partial charge in [0.25, 0.3) is 5.97 Å². The predicted octanol–water partition coefficient (Wildman–Crippen LogP) is -0.486. The highest BCUT2D eigenvalue weighted by Gasteiger charge is 1.77. The van der Waals surface area contributed by atoms with Gasteiger partial charge in [-0.15, -0.1) is 0 Å². The summed E-state index contributed by atoms with van der Waals surface area (Å²) in [6.45, 7) is 2.32. The first-order valence-corrected chi connectivity index (χ1v) is 2.07. The summed E-state index contributed by atoms with van der Waals surface area (Å²) in [5, 5.41) is 7.42. The van der Waals surface area contributed by atoms with E-state index >= 15 is 0 Å². The summed E-state index contributed by atoms with van der Waals surface area (Å²) in [7, 11) is 0. The number of carboxylic acid groups (broad SMARTS) is 1. The van der Waals surface area contributed by atoms with Crippen LogP contribution in [0.1, 0.15) is 13.8 Å². The van der Waals surface area contributed by atoms with Gasteiger partial charge in [0, 0.05) is 13.8 Å². The Morgan fingerprint density at radius 2 is 1.56 bits per heavy atom. The third kappa shape index (κ3) is 205. The number of nitrogens with two attached hydrogens (primary N) is 1. The van der Waals surface area contributed by atoms with Crippen molar-refractivity contribution in [2.24, 2.45) is 5.90 Å². The lowest BCUT2D eigenvalue weighted by Crippen LogP contribution is -2.03. The second kappa shape index (κ2) is 6.90. The molecule has 0 saturated carbocycles. The molecule has 0 heterocycles. The van der Waals surface area contributed by atoms with E-state index in [2.05, 4.69) is 10.7 Å². The topological polar surface area (TPSA) is 89.6 Å². The summed E-state index contributed by atoms with van der Waals surface area (Å²) in [6.07, 6.45) is 0. The zero-order valence-corrected chi connectivity index (χ0v) is 5.25. The standard InChI is InChI=1S/C2H5NO2.C2H4O2/c1-2(4)5-3;1-2(3)4/h3H2,1H3;1H3,(H,3,4). The fourth-order valence-corrected chi connectivity index (χ4v) is 0. The highest BCUT2D eigenvalue weighted by molar-refractivity contribution is 5.65. The van der Waals surface area contributed by atoms with Gasteiger partial charge in [-0.2, -0.15) is 5.90 Å². The fourth-order valence-electron chi connectivity index (χ4n) is 0. The molecule has 0 spiro atoms. The van der Waals surface area contributed by atoms with Crippen molar-refractivity contribution in [2.75, 3.05) is 0 Å². The van der Waals surface area contributed by atoms with Gasteiger partial charge < -0.3 is 9.94 Å². The highest BCUT2D eigenvalue weighted by atomic mass is 16.7. The molecule has 0 aromatic rings. The number of carboxylic acids is 1. The second-order valence-corrected chi connectivity index (χ2v) is 1.13. The van der Waals surface area contributed by atoms with Gasteiger partial charge in [-0.3, -0.25) is 9.59 Å². The van der Waals surface area contributed by atoms with Gasteiger partial charge >= 0.3 is 5.97 Å². The minimum absolute atomic E-state index is 0.468. The van der Waals surface area contributed by atoms with Gasteiger partial charge in [-0.1, -0.05) is 0 Å². The molecule has 0 radical (unpaired) electrons. The summed E-state index contributed by atoms with van der Waals surface area (Å²) in [5.41, 5.74) is 0. The van der Waals surface area contributed by atoms with Crippen LogP contribution in [0.2, 0.25) is 0 Å². The van der Waals surface area contributed by atoms with Crippen LogP contribution < -0.4 is 5.90 Å². The lowest BCUT2D eigenvalue weighted by Gasteiger charge is -1.79. The van der Waals surface area contributed by atoms with Crippen molar-refractivity contribution >= 4 is 11.9 Å². The number of hydrogen-bond donors (Lipinski definition) is 2. The average molecular weight is 135 g/mol. The van der Waals surface area contributed by atoms with Crippen molar-refractivity contribution in [3.05, 3.63) is 0 Å². The molecular formula is C4H9NO4. The molecule has 0 rings (SSSR count). The molecule has 0 amide bonds. The lowest BCUT2D eigenvalue weighted by atomic mass is 10.8. The Balaban J connectivity index is 0. The van der Waals surface area contributed by atoms with E-state index in [0.717, 1.165) is 6.92 Å². The SMILES string of the molecule is CC(=O)O.CC(=O)ON. The van der Waals surface area contributed by atoms with Crippen LogP contribution in [-0.2, 0) is 14.4 Å². The zero-order valence-electron chi connectivity index (χ0n) is 5.25. The van der Waals surface area contributed by atoms with Crippen molar-refractivity contribution in [1.29, 1.82) is 0 Å². The maximum Gasteiger partial charge on any atom is 0.321 e. The number of aliphatic carboxylic acids is 1. The quantitative estimate of drug-likeness (QED) is 0.437. The predicted molar refractivity (Wildman–Crippen MR) is 29.3 cm³/mol. The average Bonchev–Trinajstić information content (AvgIpc) is 1.65. The Bertz CT molecular complexity index is 96.7. The van der Waals surface area contributed by atoms with E-state index in [0.29, 0.717) is 0 Å². The van der Waals surface area contributed by atoms with Crippen LogP contribution in [0, 0.1) is 0 Å². The molecule has 54 valence electrons. The number of rotatable bonds is 0. The summed E-state index contributed by atoms with van der Waals surface area (Å²) < 4.78 is 0. The van der Waals surface area contributed by atoms with Crippen LogP contribution in [0.3, 0.4) is 0 Å². The van der Waals surface area contributed by atoms with Crippen molar-refractivity contribution < 1.29 is 19.5 Å². The monoisotopic (exact) mass is 135 g/mol. The maximum atomic E-state index is 9.47. The van der Waals surface area contributed by atoms with E-state index in [1.807, 2.05) is 0 Å². The number of carbonyl (C=O) groups is 2. The van der Waals surface area contributed by atoms with Crippen molar-refractivity contribution in [1.82, 2.24) is 0 Å². The molecule has 0 aliphatic heterocycles.